The lowest BCUT2D eigenvalue weighted by Crippen LogP contribution is -2.70. The molecule has 2 aliphatic heterocycles. The molecule has 14 nitrogen and oxygen atoms in total. The topological polar surface area (TPSA) is 201 Å². The molecular weight excluding hydrogens is 618 g/mol. The van der Waals surface area contributed by atoms with E-state index in [0.717, 1.165) is 9.36 Å². The molecule has 2 aromatic heterocycles. The molecule has 4 unspecified atom stereocenters. The lowest BCUT2D eigenvalue weighted by atomic mass is 9.83. The highest BCUT2D eigenvalue weighted by molar-refractivity contribution is 7.81. The Balaban J connectivity index is 1.36. The summed E-state index contributed by atoms with van der Waals surface area (Å²) in [6, 6.07) is 8.77. The van der Waals surface area contributed by atoms with Gasteiger partial charge in [-0.3, -0.25) is 0 Å². The molecule has 0 amide bonds. The lowest BCUT2D eigenvalue weighted by molar-refractivity contribution is -0.297. The molecule has 17 heteroatoms. The molecule has 0 bridgehead atoms. The molecule has 2 saturated heterocycles. The zero-order chi connectivity index (χ0) is 32.0. The van der Waals surface area contributed by atoms with E-state index in [-0.39, 0.29) is 22.5 Å². The molecule has 6 rings (SSSR count). The average Bonchev–Trinajstić information content (AvgIpc) is 3.71. The smallest absolute Gasteiger partial charge is 0.168 e. The van der Waals surface area contributed by atoms with Gasteiger partial charge < -0.3 is 40.1 Å². The van der Waals surface area contributed by atoms with Crippen molar-refractivity contribution in [2.24, 2.45) is 0 Å². The molecule has 10 atom stereocenters. The van der Waals surface area contributed by atoms with Crippen molar-refractivity contribution in [3.8, 4) is 22.5 Å². The molecule has 240 valence electrons. The van der Waals surface area contributed by atoms with Crippen LogP contribution in [0.4, 0.5) is 8.78 Å². The van der Waals surface area contributed by atoms with Gasteiger partial charge in [-0.25, -0.2) is 18.1 Å². The van der Waals surface area contributed by atoms with Crippen molar-refractivity contribution in [3.05, 3.63) is 72.6 Å². The third-order valence-corrected chi connectivity index (χ3v) is 8.85. The third kappa shape index (κ3) is 5.43. The van der Waals surface area contributed by atoms with Gasteiger partial charge in [-0.15, -0.1) is 22.8 Å². The molecule has 4 heterocycles. The Kier molecular flexibility index (Phi) is 8.72. The summed E-state index contributed by atoms with van der Waals surface area (Å²) < 4.78 is 42.7. The minimum absolute atomic E-state index is 0.0821. The van der Waals surface area contributed by atoms with E-state index in [0.29, 0.717) is 0 Å². The Morgan fingerprint density at radius 1 is 0.733 bits per heavy atom. The van der Waals surface area contributed by atoms with E-state index in [1.165, 1.54) is 48.8 Å². The average molecular weight is 649 g/mol. The second kappa shape index (κ2) is 12.4. The molecule has 2 fully saturated rings. The molecule has 0 aliphatic carbocycles. The van der Waals surface area contributed by atoms with Crippen molar-refractivity contribution >= 4 is 12.6 Å². The number of nitrogens with zero attached hydrogens (tertiary/aromatic N) is 6. The van der Waals surface area contributed by atoms with Crippen molar-refractivity contribution in [2.75, 3.05) is 13.2 Å². The van der Waals surface area contributed by atoms with E-state index in [1.807, 2.05) is 0 Å². The molecule has 0 spiro atoms. The number of aliphatic hydroxyl groups is 6. The van der Waals surface area contributed by atoms with Crippen LogP contribution in [0.5, 0.6) is 0 Å². The first-order chi connectivity index (χ1) is 21.6. The normalized spacial score (nSPS) is 33.8. The van der Waals surface area contributed by atoms with E-state index in [1.54, 1.807) is 12.1 Å². The summed E-state index contributed by atoms with van der Waals surface area (Å²) in [4.78, 5) is -2.23. The minimum atomic E-state index is -2.23. The van der Waals surface area contributed by atoms with Gasteiger partial charge in [0.25, 0.3) is 0 Å². The van der Waals surface area contributed by atoms with Crippen LogP contribution < -0.4 is 0 Å². The number of hydrogen-bond acceptors (Lipinski definition) is 13. The maximum atomic E-state index is 14.4. The zero-order valence-corrected chi connectivity index (χ0v) is 24.2. The van der Waals surface area contributed by atoms with Gasteiger partial charge in [0.1, 0.15) is 77.8 Å². The predicted molar refractivity (Wildman–Crippen MR) is 152 cm³/mol. The number of aliphatic hydroxyl groups excluding tert-OH is 6. The van der Waals surface area contributed by atoms with Crippen molar-refractivity contribution in [1.29, 1.82) is 0 Å². The third-order valence-electron chi connectivity index (χ3n) is 8.23. The molecule has 0 saturated carbocycles. The van der Waals surface area contributed by atoms with Crippen LogP contribution in [0.3, 0.4) is 0 Å². The molecule has 2 aliphatic rings. The van der Waals surface area contributed by atoms with Crippen LogP contribution in [0.25, 0.3) is 22.5 Å². The highest BCUT2D eigenvalue weighted by Crippen LogP contribution is 2.47. The van der Waals surface area contributed by atoms with Crippen LogP contribution in [0, 0.1) is 11.6 Å². The first-order valence-electron chi connectivity index (χ1n) is 13.9. The maximum Gasteiger partial charge on any atom is 0.168 e. The van der Waals surface area contributed by atoms with Crippen molar-refractivity contribution in [2.45, 2.75) is 59.7 Å². The van der Waals surface area contributed by atoms with E-state index in [2.05, 4.69) is 33.3 Å². The fourth-order valence-corrected chi connectivity index (χ4v) is 6.40. The second-order valence-corrected chi connectivity index (χ2v) is 11.6. The Hall–Kier alpha value is -3.39. The first-order valence-corrected chi connectivity index (χ1v) is 14.4. The molecule has 4 aromatic rings. The lowest BCUT2D eigenvalue weighted by Gasteiger charge is -2.54. The van der Waals surface area contributed by atoms with Gasteiger partial charge in [0, 0.05) is 11.1 Å². The van der Waals surface area contributed by atoms with Crippen molar-refractivity contribution in [1.82, 2.24) is 30.0 Å². The summed E-state index contributed by atoms with van der Waals surface area (Å²) >= 11 is 4.58. The van der Waals surface area contributed by atoms with E-state index in [9.17, 15) is 39.4 Å². The molecule has 6 N–H and O–H groups in total. The summed E-state index contributed by atoms with van der Waals surface area (Å²) in [7, 11) is 0. The van der Waals surface area contributed by atoms with Crippen molar-refractivity contribution < 1.29 is 48.9 Å². The quantitative estimate of drug-likeness (QED) is 0.127. The Labute approximate surface area is 259 Å². The molecule has 45 heavy (non-hydrogen) atoms. The van der Waals surface area contributed by atoms with E-state index in [4.69, 9.17) is 9.47 Å². The van der Waals surface area contributed by atoms with Gasteiger partial charge in [-0.2, -0.15) is 0 Å². The van der Waals surface area contributed by atoms with Gasteiger partial charge in [-0.05, 0) is 24.3 Å². The van der Waals surface area contributed by atoms with Crippen LogP contribution >= 0.6 is 12.6 Å². The van der Waals surface area contributed by atoms with Gasteiger partial charge in [0.2, 0.25) is 0 Å². The standard InChI is InChI=1S/C28H30F2N6O8S/c29-15-7-3-1-5-13(15)17-9-35(33-31-17)21-23(39)19(11-37)43-27(25(21)41)28(45)26(42)22(24(40)20(12-38)44-28)36-10-18(32-34-36)14-6-2-4-8-16(14)30/h1-10,19-27,37-42,45H,11-12H2/t19?,20?,21-,22-,23-,24-,25?,26?,27-,28+/m0/s1. The zero-order valence-electron chi connectivity index (χ0n) is 23.3. The van der Waals surface area contributed by atoms with Gasteiger partial charge >= 0.3 is 0 Å². The van der Waals surface area contributed by atoms with Crippen LogP contribution in [-0.2, 0) is 9.47 Å². The molecular formula is C28H30F2N6O8S. The second-order valence-electron chi connectivity index (χ2n) is 10.9. The summed E-state index contributed by atoms with van der Waals surface area (Å²) in [5.41, 5.74) is 0.383. The Bertz CT molecular complexity index is 1650. The maximum absolute atomic E-state index is 14.4. The van der Waals surface area contributed by atoms with Crippen LogP contribution in [0.2, 0.25) is 0 Å². The number of halogens is 2. The molecule has 0 radical (unpaired) electrons. The summed E-state index contributed by atoms with van der Waals surface area (Å²) in [5, 5.41) is 81.6. The van der Waals surface area contributed by atoms with Crippen LogP contribution in [0.15, 0.2) is 60.9 Å². The summed E-state index contributed by atoms with van der Waals surface area (Å²) in [6.45, 7) is -1.52. The van der Waals surface area contributed by atoms with Crippen LogP contribution in [0.1, 0.15) is 12.1 Å². The first kappa shape index (κ1) is 31.6. The predicted octanol–water partition coefficient (Wildman–Crippen LogP) is -0.515. The fourth-order valence-electron chi connectivity index (χ4n) is 5.90. The van der Waals surface area contributed by atoms with Gasteiger partial charge in [0.15, 0.2) is 4.93 Å². The number of thiol groups is 1. The highest BCUT2D eigenvalue weighted by atomic mass is 32.1. The van der Waals surface area contributed by atoms with Crippen molar-refractivity contribution in [3.63, 3.8) is 0 Å². The van der Waals surface area contributed by atoms with Gasteiger partial charge in [-0.1, -0.05) is 34.7 Å². The Morgan fingerprint density at radius 3 is 1.73 bits per heavy atom. The highest BCUT2D eigenvalue weighted by Gasteiger charge is 2.62. The number of hydrogen-bond donors (Lipinski definition) is 7. The van der Waals surface area contributed by atoms with Gasteiger partial charge in [0.05, 0.1) is 25.6 Å². The number of benzene rings is 2. The minimum Gasteiger partial charge on any atom is -0.394 e. The monoisotopic (exact) mass is 648 g/mol. The largest absolute Gasteiger partial charge is 0.394 e. The number of aromatic nitrogens is 6. The summed E-state index contributed by atoms with van der Waals surface area (Å²) in [6.07, 6.45) is -8.67. The fraction of sp³-hybridized carbons (Fsp3) is 0.429. The SMILES string of the molecule is OCC1O[C@H]([C@@]2(S)OC(CO)[C@H](O)[C@H](n3cc(-c4ccccc4F)nn3)C2O)C(O)[C@@H](n2cc(-c3ccccc3F)nn2)[C@H]1O. The summed E-state index contributed by atoms with van der Waals surface area (Å²) in [5.74, 6) is -1.17. The van der Waals surface area contributed by atoms with E-state index < -0.39 is 84.6 Å². The van der Waals surface area contributed by atoms with E-state index >= 15 is 0 Å². The number of ether oxygens (including phenoxy) is 2. The Morgan fingerprint density at radius 2 is 1.22 bits per heavy atom. The number of rotatable bonds is 7. The van der Waals surface area contributed by atoms with Crippen LogP contribution in [-0.4, -0.2) is 122 Å². The molecule has 2 aromatic carbocycles.